The number of rotatable bonds is 3. The maximum Gasteiger partial charge on any atom is 0.248 e. The second-order valence-corrected chi connectivity index (χ2v) is 4.29. The van der Waals surface area contributed by atoms with Gasteiger partial charge in [-0.25, -0.2) is 4.99 Å². The van der Waals surface area contributed by atoms with Crippen molar-refractivity contribution in [2.75, 3.05) is 19.6 Å². The number of likely N-dealkylation sites (tertiary alicyclic amines) is 1. The highest BCUT2D eigenvalue weighted by atomic mass is 127. The van der Waals surface area contributed by atoms with Gasteiger partial charge in [0.25, 0.3) is 0 Å². The molecule has 8 heteroatoms. The second kappa shape index (κ2) is 7.63. The van der Waals surface area contributed by atoms with E-state index in [9.17, 15) is 5.11 Å². The fourth-order valence-corrected chi connectivity index (χ4v) is 1.91. The number of nitrogens with zero attached hydrogens (tertiary/aromatic N) is 4. The summed E-state index contributed by atoms with van der Waals surface area (Å²) in [6.07, 6.45) is 0.517. The quantitative estimate of drug-likeness (QED) is 0.451. The number of halogens is 1. The van der Waals surface area contributed by atoms with Crippen LogP contribution in [0.15, 0.2) is 9.52 Å². The molecular formula is C11H20IN5O2. The van der Waals surface area contributed by atoms with Gasteiger partial charge in [-0.2, -0.15) is 4.98 Å². The fraction of sp³-hybridized carbons (Fsp3) is 0.727. The highest BCUT2D eigenvalue weighted by molar-refractivity contribution is 14.0. The largest absolute Gasteiger partial charge is 0.391 e. The molecule has 7 nitrogen and oxygen atoms in total. The summed E-state index contributed by atoms with van der Waals surface area (Å²) in [5, 5.41) is 16.5. The van der Waals surface area contributed by atoms with Gasteiger partial charge in [0.15, 0.2) is 11.8 Å². The predicted octanol–water partition coefficient (Wildman–Crippen LogP) is 0.528. The van der Waals surface area contributed by atoms with Gasteiger partial charge in [-0.05, 0) is 20.3 Å². The van der Waals surface area contributed by atoms with Crippen LogP contribution in [0.3, 0.4) is 0 Å². The summed E-state index contributed by atoms with van der Waals surface area (Å²) >= 11 is 0. The number of hydrogen-bond donors (Lipinski definition) is 2. The molecule has 1 atom stereocenters. The van der Waals surface area contributed by atoms with Crippen LogP contribution in [0.5, 0.6) is 0 Å². The van der Waals surface area contributed by atoms with Crippen LogP contribution in [0, 0.1) is 6.92 Å². The van der Waals surface area contributed by atoms with Crippen molar-refractivity contribution >= 4 is 29.9 Å². The molecule has 1 aliphatic rings. The molecule has 2 heterocycles. The number of β-amino-alcohol motifs (C(OH)–C–C–N with tert-alkyl or cyclic N) is 1. The Morgan fingerprint density at radius 1 is 1.63 bits per heavy atom. The molecule has 0 unspecified atom stereocenters. The molecule has 0 aromatic carbocycles. The van der Waals surface area contributed by atoms with Crippen LogP contribution < -0.4 is 5.32 Å². The van der Waals surface area contributed by atoms with E-state index in [-0.39, 0.29) is 30.1 Å². The number of aliphatic hydroxyl groups is 1. The molecule has 0 aliphatic carbocycles. The molecule has 1 aromatic rings. The molecule has 1 fully saturated rings. The van der Waals surface area contributed by atoms with Crippen LogP contribution >= 0.6 is 24.0 Å². The van der Waals surface area contributed by atoms with Gasteiger partial charge >= 0.3 is 0 Å². The lowest BCUT2D eigenvalue weighted by atomic mass is 10.3. The molecule has 0 bridgehead atoms. The molecule has 19 heavy (non-hydrogen) atoms. The van der Waals surface area contributed by atoms with Crippen LogP contribution in [0.2, 0.25) is 0 Å². The minimum Gasteiger partial charge on any atom is -0.391 e. The zero-order valence-corrected chi connectivity index (χ0v) is 13.5. The average molecular weight is 381 g/mol. The van der Waals surface area contributed by atoms with Crippen molar-refractivity contribution in [3.05, 3.63) is 11.7 Å². The van der Waals surface area contributed by atoms with Gasteiger partial charge in [0.1, 0.15) is 6.54 Å². The van der Waals surface area contributed by atoms with E-state index >= 15 is 0 Å². The van der Waals surface area contributed by atoms with Gasteiger partial charge in [0.2, 0.25) is 5.89 Å². The number of aryl methyl sites for hydroxylation is 1. The Bertz CT molecular complexity index is 423. The van der Waals surface area contributed by atoms with Crippen LogP contribution in [-0.4, -0.2) is 51.8 Å². The third-order valence-corrected chi connectivity index (χ3v) is 2.73. The minimum atomic E-state index is -0.264. The van der Waals surface area contributed by atoms with Crippen molar-refractivity contribution in [3.8, 4) is 0 Å². The number of guanidine groups is 1. The van der Waals surface area contributed by atoms with Gasteiger partial charge in [0, 0.05) is 19.6 Å². The van der Waals surface area contributed by atoms with Crippen LogP contribution in [-0.2, 0) is 6.54 Å². The molecule has 2 rings (SSSR count). The lowest BCUT2D eigenvalue weighted by Gasteiger charge is -2.20. The summed E-state index contributed by atoms with van der Waals surface area (Å²) in [4.78, 5) is 10.6. The zero-order valence-electron chi connectivity index (χ0n) is 11.2. The Morgan fingerprint density at radius 3 is 2.95 bits per heavy atom. The maximum atomic E-state index is 9.54. The Kier molecular flexibility index (Phi) is 6.49. The third-order valence-electron chi connectivity index (χ3n) is 2.73. The minimum absolute atomic E-state index is 0. The predicted molar refractivity (Wildman–Crippen MR) is 81.5 cm³/mol. The molecule has 1 saturated heterocycles. The van der Waals surface area contributed by atoms with E-state index in [1.807, 2.05) is 11.8 Å². The third kappa shape index (κ3) is 4.60. The smallest absolute Gasteiger partial charge is 0.248 e. The number of aromatic nitrogens is 2. The van der Waals surface area contributed by atoms with Crippen LogP contribution in [0.25, 0.3) is 0 Å². The summed E-state index contributed by atoms with van der Waals surface area (Å²) in [7, 11) is 0. The van der Waals surface area contributed by atoms with Gasteiger partial charge in [-0.3, -0.25) is 0 Å². The molecule has 0 amide bonds. The highest BCUT2D eigenvalue weighted by Crippen LogP contribution is 2.09. The molecule has 0 spiro atoms. The number of hydrogen-bond acceptors (Lipinski definition) is 5. The van der Waals surface area contributed by atoms with E-state index in [0.29, 0.717) is 24.8 Å². The van der Waals surface area contributed by atoms with E-state index in [1.54, 1.807) is 6.92 Å². The van der Waals surface area contributed by atoms with E-state index in [2.05, 4.69) is 20.4 Å². The molecule has 108 valence electrons. The topological polar surface area (TPSA) is 86.8 Å². The molecule has 1 aromatic heterocycles. The van der Waals surface area contributed by atoms with Crippen LogP contribution in [0.1, 0.15) is 25.1 Å². The van der Waals surface area contributed by atoms with Gasteiger partial charge in [0.05, 0.1) is 6.10 Å². The van der Waals surface area contributed by atoms with E-state index in [0.717, 1.165) is 25.5 Å². The monoisotopic (exact) mass is 381 g/mol. The number of aliphatic imine (C=N–C) groups is 1. The van der Waals surface area contributed by atoms with E-state index < -0.39 is 0 Å². The summed E-state index contributed by atoms with van der Waals surface area (Å²) in [5.41, 5.74) is 0. The second-order valence-electron chi connectivity index (χ2n) is 4.29. The highest BCUT2D eigenvalue weighted by Gasteiger charge is 2.22. The molecular weight excluding hydrogens is 361 g/mol. The van der Waals surface area contributed by atoms with E-state index in [1.165, 1.54) is 0 Å². The van der Waals surface area contributed by atoms with Crippen molar-refractivity contribution in [1.29, 1.82) is 0 Å². The Balaban J connectivity index is 0.00000180. The SMILES string of the molecule is CCNC(=NCc1nc(C)no1)N1CC[C@@H](O)C1.I. The summed E-state index contributed by atoms with van der Waals surface area (Å²) in [6, 6.07) is 0. The molecule has 1 aliphatic heterocycles. The summed E-state index contributed by atoms with van der Waals surface area (Å²) in [5.74, 6) is 1.90. The first-order chi connectivity index (χ1) is 8.69. The first-order valence-corrected chi connectivity index (χ1v) is 6.19. The Labute approximate surface area is 129 Å². The first-order valence-electron chi connectivity index (χ1n) is 6.19. The van der Waals surface area contributed by atoms with Gasteiger partial charge in [-0.15, -0.1) is 24.0 Å². The molecule has 2 N–H and O–H groups in total. The summed E-state index contributed by atoms with van der Waals surface area (Å²) in [6.45, 7) is 6.37. The maximum absolute atomic E-state index is 9.54. The number of aliphatic hydroxyl groups excluding tert-OH is 1. The van der Waals surface area contributed by atoms with Crippen molar-refractivity contribution < 1.29 is 9.63 Å². The van der Waals surface area contributed by atoms with Crippen molar-refractivity contribution in [3.63, 3.8) is 0 Å². The van der Waals surface area contributed by atoms with Crippen molar-refractivity contribution in [2.24, 2.45) is 4.99 Å². The molecule has 0 saturated carbocycles. The average Bonchev–Trinajstić information content (AvgIpc) is 2.94. The fourth-order valence-electron chi connectivity index (χ4n) is 1.91. The standard InChI is InChI=1S/C11H19N5O2.HI/c1-3-12-11(16-5-4-9(17)7-16)13-6-10-14-8(2)15-18-10;/h9,17H,3-7H2,1-2H3,(H,12,13);1H/t9-;/m1./s1. The Morgan fingerprint density at radius 2 is 2.42 bits per heavy atom. The Hall–Kier alpha value is -0.900. The van der Waals surface area contributed by atoms with E-state index in [4.69, 9.17) is 4.52 Å². The number of nitrogens with one attached hydrogen (secondary N) is 1. The molecule has 0 radical (unpaired) electrons. The zero-order chi connectivity index (χ0) is 13.0. The van der Waals surface area contributed by atoms with Crippen molar-refractivity contribution in [1.82, 2.24) is 20.4 Å². The lowest BCUT2D eigenvalue weighted by Crippen LogP contribution is -2.40. The van der Waals surface area contributed by atoms with Gasteiger partial charge < -0.3 is 19.8 Å². The van der Waals surface area contributed by atoms with Crippen LogP contribution in [0.4, 0.5) is 0 Å². The van der Waals surface area contributed by atoms with Crippen molar-refractivity contribution in [2.45, 2.75) is 32.9 Å². The normalized spacial score (nSPS) is 19.4. The summed E-state index contributed by atoms with van der Waals surface area (Å²) < 4.78 is 5.01. The first kappa shape index (κ1) is 16.2. The lowest BCUT2D eigenvalue weighted by molar-refractivity contribution is 0.187. The van der Waals surface area contributed by atoms with Gasteiger partial charge in [-0.1, -0.05) is 5.16 Å².